The molecule has 3 aromatic rings. The van der Waals surface area contributed by atoms with Gasteiger partial charge in [0.1, 0.15) is 0 Å². The fraction of sp³-hybridized carbons (Fsp3) is 0.105. The van der Waals surface area contributed by atoms with E-state index in [1.165, 1.54) is 6.34 Å². The zero-order valence-electron chi connectivity index (χ0n) is 14.2. The molecule has 0 fully saturated rings. The van der Waals surface area contributed by atoms with E-state index in [0.717, 1.165) is 17.8 Å². The third-order valence-electron chi connectivity index (χ3n) is 3.71. The predicted octanol–water partition coefficient (Wildman–Crippen LogP) is 4.46. The van der Waals surface area contributed by atoms with E-state index in [1.54, 1.807) is 55.0 Å². The van der Waals surface area contributed by atoms with Crippen LogP contribution in [0.4, 0.5) is 11.4 Å². The normalized spacial score (nSPS) is 10.9. The zero-order chi connectivity index (χ0) is 19.1. The molecule has 0 aliphatic heterocycles. The van der Waals surface area contributed by atoms with Crippen molar-refractivity contribution >= 4 is 46.8 Å². The number of aliphatic imine (C=N–C) groups is 1. The van der Waals surface area contributed by atoms with Crippen LogP contribution in [-0.4, -0.2) is 28.8 Å². The number of carbonyl (C=O) groups excluding carboxylic acids is 1. The lowest BCUT2D eigenvalue weighted by Crippen LogP contribution is -2.21. The molecule has 8 heteroatoms. The number of H-pyrrole nitrogens is 1. The Labute approximate surface area is 166 Å². The number of nitrogens with zero attached hydrogens (tertiary/aromatic N) is 2. The molecular weight excluding hydrogens is 385 g/mol. The van der Waals surface area contributed by atoms with Crippen molar-refractivity contribution in [1.29, 1.82) is 0 Å². The highest BCUT2D eigenvalue weighted by atomic mass is 35.5. The van der Waals surface area contributed by atoms with Gasteiger partial charge in [0.25, 0.3) is 5.91 Å². The van der Waals surface area contributed by atoms with Crippen LogP contribution in [0.5, 0.6) is 0 Å². The number of benzene rings is 2. The highest BCUT2D eigenvalue weighted by Crippen LogP contribution is 2.28. The molecular formula is C19H17Cl2N5O. The van der Waals surface area contributed by atoms with Crippen LogP contribution in [0.3, 0.4) is 0 Å². The molecule has 2 aromatic carbocycles. The van der Waals surface area contributed by atoms with Crippen LogP contribution in [0, 0.1) is 0 Å². The SMILES string of the molecule is O=C(NC=Nc1ccc(Cl)cc1NCCc1cnc[nH]1)c1cccc(Cl)c1. The van der Waals surface area contributed by atoms with Gasteiger partial charge in [-0.15, -0.1) is 0 Å². The summed E-state index contributed by atoms with van der Waals surface area (Å²) < 4.78 is 0. The molecule has 27 heavy (non-hydrogen) atoms. The molecule has 1 heterocycles. The van der Waals surface area contributed by atoms with E-state index in [2.05, 4.69) is 25.6 Å². The van der Waals surface area contributed by atoms with Crippen molar-refractivity contribution in [3.05, 3.63) is 76.3 Å². The number of nitrogens with one attached hydrogen (secondary N) is 3. The van der Waals surface area contributed by atoms with Gasteiger partial charge < -0.3 is 15.6 Å². The molecule has 0 spiro atoms. The van der Waals surface area contributed by atoms with Crippen LogP contribution >= 0.6 is 23.2 Å². The summed E-state index contributed by atoms with van der Waals surface area (Å²) in [6, 6.07) is 12.0. The van der Waals surface area contributed by atoms with Gasteiger partial charge in [-0.3, -0.25) is 4.79 Å². The molecule has 6 nitrogen and oxygen atoms in total. The lowest BCUT2D eigenvalue weighted by atomic mass is 10.2. The average molecular weight is 402 g/mol. The van der Waals surface area contributed by atoms with Gasteiger partial charge in [0, 0.05) is 40.5 Å². The van der Waals surface area contributed by atoms with E-state index >= 15 is 0 Å². The third-order valence-corrected chi connectivity index (χ3v) is 4.18. The molecule has 0 bridgehead atoms. The minimum absolute atomic E-state index is 0.288. The van der Waals surface area contributed by atoms with E-state index in [9.17, 15) is 4.79 Å². The number of hydrogen-bond acceptors (Lipinski definition) is 4. The smallest absolute Gasteiger partial charge is 0.256 e. The Balaban J connectivity index is 1.63. The lowest BCUT2D eigenvalue weighted by molar-refractivity contribution is 0.0978. The number of aromatic amines is 1. The molecule has 0 radical (unpaired) electrons. The fourth-order valence-corrected chi connectivity index (χ4v) is 2.75. The van der Waals surface area contributed by atoms with Crippen LogP contribution in [0.2, 0.25) is 10.0 Å². The Morgan fingerprint density at radius 1 is 1.19 bits per heavy atom. The van der Waals surface area contributed by atoms with E-state index in [4.69, 9.17) is 23.2 Å². The lowest BCUT2D eigenvalue weighted by Gasteiger charge is -2.09. The Kier molecular flexibility index (Phi) is 6.46. The number of amides is 1. The van der Waals surface area contributed by atoms with Crippen molar-refractivity contribution in [1.82, 2.24) is 15.3 Å². The Hall–Kier alpha value is -2.83. The van der Waals surface area contributed by atoms with Crippen LogP contribution < -0.4 is 10.6 Å². The van der Waals surface area contributed by atoms with Gasteiger partial charge in [-0.05, 0) is 36.4 Å². The molecule has 0 atom stereocenters. The summed E-state index contributed by atoms with van der Waals surface area (Å²) in [4.78, 5) is 23.5. The average Bonchev–Trinajstić information content (AvgIpc) is 3.17. The summed E-state index contributed by atoms with van der Waals surface area (Å²) in [6.45, 7) is 0.680. The fourth-order valence-electron chi connectivity index (χ4n) is 2.39. The van der Waals surface area contributed by atoms with Crippen molar-refractivity contribution in [3.63, 3.8) is 0 Å². The summed E-state index contributed by atoms with van der Waals surface area (Å²) in [7, 11) is 0. The number of imidazole rings is 1. The number of halogens is 2. The van der Waals surface area contributed by atoms with Gasteiger partial charge in [0.2, 0.25) is 0 Å². The van der Waals surface area contributed by atoms with Crippen LogP contribution in [0.25, 0.3) is 0 Å². The van der Waals surface area contributed by atoms with Gasteiger partial charge >= 0.3 is 0 Å². The molecule has 1 aromatic heterocycles. The van der Waals surface area contributed by atoms with Gasteiger partial charge in [0.05, 0.1) is 24.0 Å². The maximum Gasteiger partial charge on any atom is 0.256 e. The van der Waals surface area contributed by atoms with Crippen molar-refractivity contribution in [2.75, 3.05) is 11.9 Å². The predicted molar refractivity (Wildman–Crippen MR) is 109 cm³/mol. The monoisotopic (exact) mass is 401 g/mol. The Morgan fingerprint density at radius 3 is 2.81 bits per heavy atom. The molecule has 3 rings (SSSR count). The van der Waals surface area contributed by atoms with Crippen molar-refractivity contribution in [2.45, 2.75) is 6.42 Å². The largest absolute Gasteiger partial charge is 0.383 e. The number of anilines is 1. The maximum atomic E-state index is 12.1. The molecule has 3 N–H and O–H groups in total. The Bertz CT molecular complexity index is 941. The number of rotatable bonds is 7. The first-order chi connectivity index (χ1) is 13.1. The highest BCUT2D eigenvalue weighted by molar-refractivity contribution is 6.31. The molecule has 0 aliphatic rings. The zero-order valence-corrected chi connectivity index (χ0v) is 15.8. The summed E-state index contributed by atoms with van der Waals surface area (Å²) >= 11 is 12.0. The van der Waals surface area contributed by atoms with Crippen molar-refractivity contribution in [3.8, 4) is 0 Å². The van der Waals surface area contributed by atoms with Crippen molar-refractivity contribution < 1.29 is 4.79 Å². The summed E-state index contributed by atoms with van der Waals surface area (Å²) in [6.07, 6.45) is 5.56. The van der Waals surface area contributed by atoms with Crippen LogP contribution in [0.1, 0.15) is 16.1 Å². The first-order valence-corrected chi connectivity index (χ1v) is 8.97. The first kappa shape index (κ1) is 18.9. The first-order valence-electron chi connectivity index (χ1n) is 8.21. The molecule has 0 aliphatic carbocycles. The molecule has 0 saturated carbocycles. The third kappa shape index (κ3) is 5.57. The maximum absolute atomic E-state index is 12.1. The topological polar surface area (TPSA) is 82.2 Å². The Morgan fingerprint density at radius 2 is 2.04 bits per heavy atom. The van der Waals surface area contributed by atoms with Gasteiger partial charge in [0.15, 0.2) is 0 Å². The molecule has 1 amide bonds. The second-order valence-corrected chi connectivity index (χ2v) is 6.53. The quantitative estimate of drug-likeness (QED) is 0.403. The van der Waals surface area contributed by atoms with E-state index < -0.39 is 0 Å². The molecule has 0 saturated heterocycles. The van der Waals surface area contributed by atoms with E-state index in [-0.39, 0.29) is 5.91 Å². The highest BCUT2D eigenvalue weighted by Gasteiger charge is 2.05. The van der Waals surface area contributed by atoms with E-state index in [0.29, 0.717) is 27.8 Å². The van der Waals surface area contributed by atoms with Crippen LogP contribution in [-0.2, 0) is 6.42 Å². The van der Waals surface area contributed by atoms with Crippen molar-refractivity contribution in [2.24, 2.45) is 4.99 Å². The number of hydrogen-bond donors (Lipinski definition) is 3. The summed E-state index contributed by atoms with van der Waals surface area (Å²) in [5.41, 5.74) is 2.93. The molecule has 0 unspecified atom stereocenters. The number of carbonyl (C=O) groups is 1. The number of aromatic nitrogens is 2. The summed E-state index contributed by atoms with van der Waals surface area (Å²) in [5, 5.41) is 7.02. The van der Waals surface area contributed by atoms with Gasteiger partial charge in [-0.2, -0.15) is 0 Å². The summed E-state index contributed by atoms with van der Waals surface area (Å²) in [5.74, 6) is -0.288. The standard InChI is InChI=1S/C19H17Cl2N5O/c20-14-3-1-2-13(8-14)19(27)26-12-25-17-5-4-15(21)9-18(17)23-7-6-16-10-22-11-24-16/h1-5,8-12,23H,6-7H2,(H,22,24)(H,25,26,27). The minimum atomic E-state index is -0.288. The van der Waals surface area contributed by atoms with E-state index in [1.807, 2.05) is 0 Å². The minimum Gasteiger partial charge on any atom is -0.383 e. The molecule has 138 valence electrons. The van der Waals surface area contributed by atoms with Crippen LogP contribution in [0.15, 0.2) is 60.0 Å². The van der Waals surface area contributed by atoms with Gasteiger partial charge in [-0.25, -0.2) is 9.98 Å². The van der Waals surface area contributed by atoms with Gasteiger partial charge in [-0.1, -0.05) is 29.3 Å². The second kappa shape index (κ2) is 9.21. The second-order valence-electron chi connectivity index (χ2n) is 5.66.